The number of aromatic nitrogens is 5. The molecule has 9 heteroatoms. The first-order chi connectivity index (χ1) is 13.2. The fourth-order valence-corrected chi connectivity index (χ4v) is 2.50. The Morgan fingerprint density at radius 1 is 1.00 bits per heavy atom. The zero-order valence-corrected chi connectivity index (χ0v) is 14.5. The van der Waals surface area contributed by atoms with Crippen molar-refractivity contribution in [3.05, 3.63) is 54.5 Å². The molecule has 0 aliphatic rings. The Morgan fingerprint density at radius 3 is 2.52 bits per heavy atom. The van der Waals surface area contributed by atoms with Crippen LogP contribution in [-0.2, 0) is 0 Å². The maximum atomic E-state index is 13.0. The molecule has 0 aliphatic heterocycles. The van der Waals surface area contributed by atoms with Gasteiger partial charge in [-0.05, 0) is 42.5 Å². The zero-order chi connectivity index (χ0) is 18.8. The average Bonchev–Trinajstić information content (AvgIpc) is 3.37. The van der Waals surface area contributed by atoms with Crippen LogP contribution in [0.5, 0.6) is 11.5 Å². The van der Waals surface area contributed by atoms with Gasteiger partial charge in [0.25, 0.3) is 5.89 Å². The molecule has 0 N–H and O–H groups in total. The summed E-state index contributed by atoms with van der Waals surface area (Å²) in [6.45, 7) is 0. The van der Waals surface area contributed by atoms with Gasteiger partial charge >= 0.3 is 0 Å². The summed E-state index contributed by atoms with van der Waals surface area (Å²) in [6, 6.07) is 11.2. The first-order valence-electron chi connectivity index (χ1n) is 7.92. The summed E-state index contributed by atoms with van der Waals surface area (Å²) < 4.78 is 30.4. The van der Waals surface area contributed by atoms with E-state index in [-0.39, 0.29) is 11.6 Å². The Hall–Kier alpha value is -3.75. The number of benzene rings is 2. The summed E-state index contributed by atoms with van der Waals surface area (Å²) >= 11 is 0. The van der Waals surface area contributed by atoms with E-state index in [1.165, 1.54) is 16.8 Å². The Labute approximate surface area is 153 Å². The number of nitrogens with zero attached hydrogens (tertiary/aromatic N) is 5. The van der Waals surface area contributed by atoms with Crippen LogP contribution in [0.3, 0.4) is 0 Å². The largest absolute Gasteiger partial charge is 0.493 e. The maximum Gasteiger partial charge on any atom is 0.258 e. The second kappa shape index (κ2) is 6.87. The summed E-state index contributed by atoms with van der Waals surface area (Å²) in [5, 5.41) is 12.0. The van der Waals surface area contributed by atoms with Crippen LogP contribution in [0.1, 0.15) is 0 Å². The van der Waals surface area contributed by atoms with Gasteiger partial charge < -0.3 is 14.0 Å². The third-order valence-electron chi connectivity index (χ3n) is 3.87. The topological polar surface area (TPSA) is 88.1 Å². The van der Waals surface area contributed by atoms with Gasteiger partial charge in [-0.15, -0.1) is 5.10 Å². The molecular formula is C18H14FN5O3. The van der Waals surface area contributed by atoms with Crippen molar-refractivity contribution in [2.75, 3.05) is 14.2 Å². The highest BCUT2D eigenvalue weighted by Gasteiger charge is 2.16. The zero-order valence-electron chi connectivity index (χ0n) is 14.5. The highest BCUT2D eigenvalue weighted by atomic mass is 19.1. The van der Waals surface area contributed by atoms with E-state index in [1.807, 2.05) is 0 Å². The Bertz CT molecular complexity index is 1070. The van der Waals surface area contributed by atoms with Crippen LogP contribution in [0.15, 0.2) is 53.2 Å². The molecule has 0 radical (unpaired) electrons. The van der Waals surface area contributed by atoms with E-state index in [4.69, 9.17) is 14.0 Å². The van der Waals surface area contributed by atoms with E-state index in [1.54, 1.807) is 50.7 Å². The van der Waals surface area contributed by atoms with Crippen LogP contribution in [0, 0.1) is 5.82 Å². The van der Waals surface area contributed by atoms with Gasteiger partial charge in [-0.1, -0.05) is 10.4 Å². The lowest BCUT2D eigenvalue weighted by atomic mass is 10.2. The third kappa shape index (κ3) is 3.22. The van der Waals surface area contributed by atoms with Crippen molar-refractivity contribution < 1.29 is 18.4 Å². The minimum atomic E-state index is -0.322. The van der Waals surface area contributed by atoms with Gasteiger partial charge in [-0.2, -0.15) is 4.98 Å². The van der Waals surface area contributed by atoms with Crippen molar-refractivity contribution in [1.82, 2.24) is 25.1 Å². The highest BCUT2D eigenvalue weighted by Crippen LogP contribution is 2.32. The monoisotopic (exact) mass is 367 g/mol. The predicted octanol–water partition coefficient (Wildman–Crippen LogP) is 3.14. The van der Waals surface area contributed by atoms with Gasteiger partial charge in [-0.25, -0.2) is 9.07 Å². The number of methoxy groups -OCH3 is 2. The van der Waals surface area contributed by atoms with Crippen LogP contribution in [0.4, 0.5) is 4.39 Å². The van der Waals surface area contributed by atoms with Crippen molar-refractivity contribution in [3.8, 4) is 40.2 Å². The van der Waals surface area contributed by atoms with Crippen molar-refractivity contribution in [2.24, 2.45) is 0 Å². The summed E-state index contributed by atoms with van der Waals surface area (Å²) in [4.78, 5) is 4.35. The second-order valence-corrected chi connectivity index (χ2v) is 5.52. The lowest BCUT2D eigenvalue weighted by molar-refractivity contribution is 0.355. The van der Waals surface area contributed by atoms with Gasteiger partial charge in [-0.3, -0.25) is 0 Å². The number of rotatable bonds is 5. The van der Waals surface area contributed by atoms with Crippen molar-refractivity contribution in [2.45, 2.75) is 0 Å². The van der Waals surface area contributed by atoms with Crippen LogP contribution in [-0.4, -0.2) is 39.4 Å². The molecule has 0 fully saturated rings. The van der Waals surface area contributed by atoms with E-state index >= 15 is 0 Å². The number of ether oxygens (including phenoxy) is 2. The van der Waals surface area contributed by atoms with Crippen LogP contribution in [0.25, 0.3) is 28.7 Å². The molecule has 4 rings (SSSR count). The fraction of sp³-hybridized carbons (Fsp3) is 0.111. The second-order valence-electron chi connectivity index (χ2n) is 5.52. The van der Waals surface area contributed by atoms with E-state index in [9.17, 15) is 4.39 Å². The number of hydrogen-bond acceptors (Lipinski definition) is 7. The summed E-state index contributed by atoms with van der Waals surface area (Å²) in [5.74, 6) is 1.42. The Kier molecular flexibility index (Phi) is 4.25. The highest BCUT2D eigenvalue weighted by molar-refractivity contribution is 5.61. The SMILES string of the molecule is COc1ccc(-c2nc(-c3cn(-c4ccc(F)cc4)nn3)no2)cc1OC. The van der Waals surface area contributed by atoms with Crippen LogP contribution < -0.4 is 9.47 Å². The molecule has 0 bridgehead atoms. The summed E-state index contributed by atoms with van der Waals surface area (Å²) in [6.07, 6.45) is 1.64. The van der Waals surface area contributed by atoms with Gasteiger partial charge in [0.2, 0.25) is 5.82 Å². The van der Waals surface area contributed by atoms with Gasteiger partial charge in [0.1, 0.15) is 5.82 Å². The molecule has 8 nitrogen and oxygen atoms in total. The molecule has 2 aromatic heterocycles. The van der Waals surface area contributed by atoms with E-state index in [0.717, 1.165) is 0 Å². The normalized spacial score (nSPS) is 10.8. The Balaban J connectivity index is 1.62. The maximum absolute atomic E-state index is 13.0. The summed E-state index contributed by atoms with van der Waals surface area (Å²) in [5.41, 5.74) is 1.77. The van der Waals surface area contributed by atoms with E-state index < -0.39 is 0 Å². The molecule has 0 amide bonds. The molecule has 4 aromatic rings. The number of hydrogen-bond donors (Lipinski definition) is 0. The van der Waals surface area contributed by atoms with E-state index in [2.05, 4.69) is 20.5 Å². The summed E-state index contributed by atoms with van der Waals surface area (Å²) in [7, 11) is 3.11. The molecule has 0 aliphatic carbocycles. The van der Waals surface area contributed by atoms with Crippen LogP contribution in [0.2, 0.25) is 0 Å². The minimum absolute atomic E-state index is 0.285. The first-order valence-corrected chi connectivity index (χ1v) is 7.92. The quantitative estimate of drug-likeness (QED) is 0.535. The van der Waals surface area contributed by atoms with Crippen molar-refractivity contribution in [3.63, 3.8) is 0 Å². The molecule has 0 unspecified atom stereocenters. The Morgan fingerprint density at radius 2 is 1.78 bits per heavy atom. The standard InChI is InChI=1S/C18H14FN5O3/c1-25-15-8-3-11(9-16(15)26-2)18-20-17(22-27-18)14-10-24(23-21-14)13-6-4-12(19)5-7-13/h3-10H,1-2H3. The van der Waals surface area contributed by atoms with Crippen molar-refractivity contribution in [1.29, 1.82) is 0 Å². The van der Waals surface area contributed by atoms with Gasteiger partial charge in [0.15, 0.2) is 17.2 Å². The average molecular weight is 367 g/mol. The smallest absolute Gasteiger partial charge is 0.258 e. The molecule has 0 saturated carbocycles. The minimum Gasteiger partial charge on any atom is -0.493 e. The van der Waals surface area contributed by atoms with E-state index in [0.29, 0.717) is 34.3 Å². The fourth-order valence-electron chi connectivity index (χ4n) is 2.50. The third-order valence-corrected chi connectivity index (χ3v) is 3.87. The molecule has 0 atom stereocenters. The molecule has 0 saturated heterocycles. The molecule has 27 heavy (non-hydrogen) atoms. The molecule has 0 spiro atoms. The lowest BCUT2D eigenvalue weighted by Crippen LogP contribution is -1.94. The molecule has 2 heterocycles. The lowest BCUT2D eigenvalue weighted by Gasteiger charge is -2.07. The van der Waals surface area contributed by atoms with Crippen molar-refractivity contribution >= 4 is 0 Å². The predicted molar refractivity (Wildman–Crippen MR) is 93.1 cm³/mol. The first kappa shape index (κ1) is 16.7. The number of halogens is 1. The van der Waals surface area contributed by atoms with Gasteiger partial charge in [0, 0.05) is 5.56 Å². The molecule has 2 aromatic carbocycles. The molecular weight excluding hydrogens is 353 g/mol. The van der Waals surface area contributed by atoms with Gasteiger partial charge in [0.05, 0.1) is 26.1 Å². The molecule has 136 valence electrons. The van der Waals surface area contributed by atoms with Crippen LogP contribution >= 0.6 is 0 Å².